The standard InChI is InChI=1S/C30H31NO6/c1-3-34-25(20-36-28-12-8-7-11-26(28)30(32)33)19-22-13-15-24(16-14-22)35-18-17-27-21(2)37-29(31-27)23-9-5-4-6-10-23/h4-16,25H,3,17-20H2,1-2H3,(H,32,33)/t25-/m0/s1. The molecule has 0 aliphatic rings. The Morgan fingerprint density at radius 1 is 0.973 bits per heavy atom. The van der Waals surface area contributed by atoms with Crippen LogP contribution in [0.3, 0.4) is 0 Å². The zero-order valence-electron chi connectivity index (χ0n) is 21.1. The van der Waals surface area contributed by atoms with E-state index in [0.29, 0.717) is 37.7 Å². The van der Waals surface area contributed by atoms with Gasteiger partial charge in [0.05, 0.1) is 18.4 Å². The molecule has 4 rings (SSSR count). The Labute approximate surface area is 216 Å². The third kappa shape index (κ3) is 7.21. The maximum Gasteiger partial charge on any atom is 0.339 e. The molecule has 7 heteroatoms. The van der Waals surface area contributed by atoms with Gasteiger partial charge in [-0.3, -0.25) is 0 Å². The van der Waals surface area contributed by atoms with Crippen molar-refractivity contribution in [2.45, 2.75) is 32.8 Å². The Hall–Kier alpha value is -4.10. The van der Waals surface area contributed by atoms with Crippen LogP contribution in [0.2, 0.25) is 0 Å². The summed E-state index contributed by atoms with van der Waals surface area (Å²) in [6, 6.07) is 24.3. The van der Waals surface area contributed by atoms with Gasteiger partial charge in [0.2, 0.25) is 5.89 Å². The molecule has 0 spiro atoms. The number of hydrogen-bond donors (Lipinski definition) is 1. The highest BCUT2D eigenvalue weighted by Gasteiger charge is 2.15. The van der Waals surface area contributed by atoms with E-state index in [1.165, 1.54) is 6.07 Å². The van der Waals surface area contributed by atoms with Gasteiger partial charge in [-0.1, -0.05) is 42.5 Å². The Balaban J connectivity index is 1.29. The van der Waals surface area contributed by atoms with E-state index in [1.54, 1.807) is 18.2 Å². The van der Waals surface area contributed by atoms with Gasteiger partial charge in [-0.05, 0) is 55.8 Å². The minimum Gasteiger partial charge on any atom is -0.493 e. The Bertz CT molecular complexity index is 1280. The van der Waals surface area contributed by atoms with Gasteiger partial charge in [0.25, 0.3) is 0 Å². The lowest BCUT2D eigenvalue weighted by Gasteiger charge is -2.19. The van der Waals surface area contributed by atoms with Crippen LogP contribution in [-0.2, 0) is 17.6 Å². The van der Waals surface area contributed by atoms with Crippen molar-refractivity contribution in [1.82, 2.24) is 4.98 Å². The van der Waals surface area contributed by atoms with E-state index in [1.807, 2.05) is 68.4 Å². The van der Waals surface area contributed by atoms with Crippen LogP contribution in [0.5, 0.6) is 11.5 Å². The molecular weight excluding hydrogens is 470 g/mol. The van der Waals surface area contributed by atoms with Crippen LogP contribution in [0.1, 0.15) is 34.3 Å². The number of ether oxygens (including phenoxy) is 3. The van der Waals surface area contributed by atoms with Gasteiger partial charge in [-0.15, -0.1) is 0 Å². The van der Waals surface area contributed by atoms with Crippen LogP contribution in [0.4, 0.5) is 0 Å². The second kappa shape index (κ2) is 12.7. The molecule has 0 amide bonds. The Morgan fingerprint density at radius 3 is 2.43 bits per heavy atom. The van der Waals surface area contributed by atoms with Crippen molar-refractivity contribution in [3.63, 3.8) is 0 Å². The summed E-state index contributed by atoms with van der Waals surface area (Å²) in [5.74, 6) is 1.51. The first-order valence-corrected chi connectivity index (χ1v) is 12.3. The van der Waals surface area contributed by atoms with Gasteiger partial charge < -0.3 is 23.7 Å². The first kappa shape index (κ1) is 26.0. The maximum atomic E-state index is 11.4. The van der Waals surface area contributed by atoms with Crippen LogP contribution < -0.4 is 9.47 Å². The highest BCUT2D eigenvalue weighted by molar-refractivity contribution is 5.90. The molecule has 0 saturated heterocycles. The average Bonchev–Trinajstić information content (AvgIpc) is 3.29. The van der Waals surface area contributed by atoms with Gasteiger partial charge >= 0.3 is 5.97 Å². The summed E-state index contributed by atoms with van der Waals surface area (Å²) in [7, 11) is 0. The van der Waals surface area contributed by atoms with Crippen molar-refractivity contribution in [2.24, 2.45) is 0 Å². The van der Waals surface area contributed by atoms with Gasteiger partial charge in [0.15, 0.2) is 0 Å². The normalized spacial score (nSPS) is 11.7. The Morgan fingerprint density at radius 2 is 1.70 bits per heavy atom. The third-order valence-corrected chi connectivity index (χ3v) is 5.85. The molecule has 0 bridgehead atoms. The van der Waals surface area contributed by atoms with Crippen LogP contribution in [0, 0.1) is 6.92 Å². The molecule has 0 saturated carbocycles. The molecule has 0 unspecified atom stereocenters. The van der Waals surface area contributed by atoms with Crippen LogP contribution in [0.15, 0.2) is 83.3 Å². The van der Waals surface area contributed by atoms with E-state index in [2.05, 4.69) is 4.98 Å². The summed E-state index contributed by atoms with van der Waals surface area (Å²) >= 11 is 0. The number of benzene rings is 3. The topological polar surface area (TPSA) is 91.0 Å². The number of carboxylic acid groups (broad SMARTS) is 1. The van der Waals surface area contributed by atoms with E-state index in [9.17, 15) is 9.90 Å². The number of carboxylic acids is 1. The predicted octanol–water partition coefficient (Wildman–Crippen LogP) is 6.00. The minimum atomic E-state index is -1.02. The fourth-order valence-electron chi connectivity index (χ4n) is 3.97. The van der Waals surface area contributed by atoms with Crippen LogP contribution >= 0.6 is 0 Å². The van der Waals surface area contributed by atoms with Gasteiger partial charge in [0, 0.05) is 25.0 Å². The number of aryl methyl sites for hydroxylation is 1. The molecule has 0 fully saturated rings. The van der Waals surface area contributed by atoms with Crippen molar-refractivity contribution in [2.75, 3.05) is 19.8 Å². The van der Waals surface area contributed by atoms with Crippen molar-refractivity contribution >= 4 is 5.97 Å². The molecule has 4 aromatic rings. The largest absolute Gasteiger partial charge is 0.493 e. The van der Waals surface area contributed by atoms with E-state index in [4.69, 9.17) is 18.6 Å². The van der Waals surface area contributed by atoms with E-state index in [0.717, 1.165) is 28.3 Å². The number of nitrogens with zero attached hydrogens (tertiary/aromatic N) is 1. The Kier molecular flexibility index (Phi) is 8.94. The highest BCUT2D eigenvalue weighted by Crippen LogP contribution is 2.23. The summed E-state index contributed by atoms with van der Waals surface area (Å²) in [6.07, 6.45) is 1.06. The zero-order chi connectivity index (χ0) is 26.0. The molecule has 1 heterocycles. The summed E-state index contributed by atoms with van der Waals surface area (Å²) in [4.78, 5) is 16.0. The summed E-state index contributed by atoms with van der Waals surface area (Å²) in [6.45, 7) is 5.11. The molecule has 0 aliphatic heterocycles. The van der Waals surface area contributed by atoms with Crippen molar-refractivity contribution in [3.8, 4) is 23.0 Å². The lowest BCUT2D eigenvalue weighted by molar-refractivity contribution is 0.0275. The van der Waals surface area contributed by atoms with Crippen LogP contribution in [0.25, 0.3) is 11.5 Å². The lowest BCUT2D eigenvalue weighted by Crippen LogP contribution is -2.25. The summed E-state index contributed by atoms with van der Waals surface area (Å²) in [5, 5.41) is 9.35. The SMILES string of the molecule is CCO[C@H](COc1ccccc1C(=O)O)Cc1ccc(OCCc2nc(-c3ccccc3)oc2C)cc1. The molecule has 192 valence electrons. The number of oxazole rings is 1. The first-order chi connectivity index (χ1) is 18.0. The highest BCUT2D eigenvalue weighted by atomic mass is 16.5. The summed E-state index contributed by atoms with van der Waals surface area (Å²) in [5.41, 5.74) is 3.05. The second-order valence-electron chi connectivity index (χ2n) is 8.52. The molecule has 0 radical (unpaired) electrons. The number of hydrogen-bond acceptors (Lipinski definition) is 6. The monoisotopic (exact) mass is 501 g/mol. The van der Waals surface area contributed by atoms with Crippen molar-refractivity contribution in [3.05, 3.63) is 101 Å². The molecule has 1 aromatic heterocycles. The molecule has 0 aliphatic carbocycles. The van der Waals surface area contributed by atoms with Crippen molar-refractivity contribution < 1.29 is 28.5 Å². The van der Waals surface area contributed by atoms with Gasteiger partial charge in [-0.2, -0.15) is 0 Å². The average molecular weight is 502 g/mol. The molecule has 37 heavy (non-hydrogen) atoms. The smallest absolute Gasteiger partial charge is 0.339 e. The number of aromatic carboxylic acids is 1. The molecule has 1 atom stereocenters. The zero-order valence-corrected chi connectivity index (χ0v) is 21.1. The molecular formula is C30H31NO6. The van der Waals surface area contributed by atoms with Gasteiger partial charge in [-0.25, -0.2) is 9.78 Å². The number of rotatable bonds is 13. The first-order valence-electron chi connectivity index (χ1n) is 12.3. The van der Waals surface area contributed by atoms with Crippen LogP contribution in [-0.4, -0.2) is 42.0 Å². The molecule has 3 aromatic carbocycles. The second-order valence-corrected chi connectivity index (χ2v) is 8.52. The molecule has 1 N–H and O–H groups in total. The molecule has 7 nitrogen and oxygen atoms in total. The fraction of sp³-hybridized carbons (Fsp3) is 0.267. The van der Waals surface area contributed by atoms with Gasteiger partial charge in [0.1, 0.15) is 29.4 Å². The number of carbonyl (C=O) groups is 1. The lowest BCUT2D eigenvalue weighted by atomic mass is 10.1. The predicted molar refractivity (Wildman–Crippen MR) is 140 cm³/mol. The number of aromatic nitrogens is 1. The fourth-order valence-corrected chi connectivity index (χ4v) is 3.97. The maximum absolute atomic E-state index is 11.4. The summed E-state index contributed by atoms with van der Waals surface area (Å²) < 4.78 is 23.4. The van der Waals surface area contributed by atoms with E-state index >= 15 is 0 Å². The van der Waals surface area contributed by atoms with E-state index < -0.39 is 5.97 Å². The number of para-hydroxylation sites is 1. The van der Waals surface area contributed by atoms with Crippen molar-refractivity contribution in [1.29, 1.82) is 0 Å². The quantitative estimate of drug-likeness (QED) is 0.240. The third-order valence-electron chi connectivity index (χ3n) is 5.85. The minimum absolute atomic E-state index is 0.136. The van der Waals surface area contributed by atoms with E-state index in [-0.39, 0.29) is 18.3 Å².